The number of anilines is 1. The van der Waals surface area contributed by atoms with Gasteiger partial charge >= 0.3 is 5.97 Å². The van der Waals surface area contributed by atoms with Crippen LogP contribution in [-0.2, 0) is 17.6 Å². The van der Waals surface area contributed by atoms with Gasteiger partial charge in [-0.2, -0.15) is 0 Å². The summed E-state index contributed by atoms with van der Waals surface area (Å²) in [6.45, 7) is 4.53. The number of nitrogens with zero attached hydrogens (tertiary/aromatic N) is 3. The van der Waals surface area contributed by atoms with Gasteiger partial charge in [-0.25, -0.2) is 9.57 Å². The summed E-state index contributed by atoms with van der Waals surface area (Å²) >= 11 is 0. The molecule has 0 aromatic heterocycles. The Bertz CT molecular complexity index is 1170. The van der Waals surface area contributed by atoms with Crippen LogP contribution in [0.1, 0.15) is 24.0 Å². The third kappa shape index (κ3) is 2.84. The van der Waals surface area contributed by atoms with E-state index in [1.165, 1.54) is 32.5 Å². The maximum atomic E-state index is 11.2. The Morgan fingerprint density at radius 2 is 2.03 bits per heavy atom. The number of carboxylic acids is 1. The van der Waals surface area contributed by atoms with Crippen molar-refractivity contribution in [1.82, 2.24) is 4.58 Å². The summed E-state index contributed by atoms with van der Waals surface area (Å²) in [5.74, 6) is -0.703. The van der Waals surface area contributed by atoms with Gasteiger partial charge in [0, 0.05) is 43.8 Å². The molecule has 0 saturated carbocycles. The van der Waals surface area contributed by atoms with Crippen LogP contribution in [0.25, 0.3) is 0 Å². The van der Waals surface area contributed by atoms with Crippen LogP contribution in [-0.4, -0.2) is 46.3 Å². The fourth-order valence-corrected chi connectivity index (χ4v) is 9.38. The largest absolute Gasteiger partial charge is 0.481 e. The van der Waals surface area contributed by atoms with E-state index in [0.29, 0.717) is 0 Å². The summed E-state index contributed by atoms with van der Waals surface area (Å²) in [5.41, 5.74) is 5.24. The number of fused-ring (bicyclic) bond motifs is 4. The topological polar surface area (TPSA) is 55.9 Å². The van der Waals surface area contributed by atoms with Gasteiger partial charge in [0.15, 0.2) is 0 Å². The van der Waals surface area contributed by atoms with E-state index in [0.717, 1.165) is 49.4 Å². The van der Waals surface area contributed by atoms with E-state index in [-0.39, 0.29) is 6.42 Å². The molecule has 0 spiro atoms. The quantitative estimate of drug-likeness (QED) is 0.600. The van der Waals surface area contributed by atoms with Gasteiger partial charge in [0.25, 0.3) is 0 Å². The van der Waals surface area contributed by atoms with E-state index in [4.69, 9.17) is 4.99 Å². The van der Waals surface area contributed by atoms with Crippen molar-refractivity contribution in [3.05, 3.63) is 46.1 Å². The van der Waals surface area contributed by atoms with Crippen LogP contribution >= 0.6 is 0 Å². The molecule has 150 valence electrons. The SMILES string of the molecule is CN1CCc2cc3c(cc21)[Si](C)(CCCC(=O)O)c1cc2c(cc1=N3)CC[N+]=2C. The number of likely N-dealkylation sites (N-methyl/N-ethyl adjacent to an activating group) is 2. The lowest BCUT2D eigenvalue weighted by Gasteiger charge is -2.33. The molecule has 2 aromatic rings. The zero-order valence-electron chi connectivity index (χ0n) is 17.5. The molecule has 29 heavy (non-hydrogen) atoms. The van der Waals surface area contributed by atoms with E-state index in [2.05, 4.69) is 54.4 Å². The smallest absolute Gasteiger partial charge is 0.303 e. The Balaban J connectivity index is 1.74. The van der Waals surface area contributed by atoms with Crippen LogP contribution in [0.15, 0.2) is 29.3 Å². The van der Waals surface area contributed by atoms with Crippen molar-refractivity contribution in [1.29, 1.82) is 0 Å². The molecule has 1 unspecified atom stereocenters. The first-order valence-corrected chi connectivity index (χ1v) is 13.3. The average Bonchev–Trinajstić information content (AvgIpc) is 3.22. The molecule has 0 saturated heterocycles. The van der Waals surface area contributed by atoms with Gasteiger partial charge in [-0.3, -0.25) is 4.79 Å². The fourth-order valence-electron chi connectivity index (χ4n) is 5.37. The van der Waals surface area contributed by atoms with Gasteiger partial charge in [0.1, 0.15) is 21.7 Å². The molecule has 1 N–H and O–H groups in total. The van der Waals surface area contributed by atoms with Gasteiger partial charge in [-0.15, -0.1) is 0 Å². The number of rotatable bonds is 4. The van der Waals surface area contributed by atoms with Gasteiger partial charge in [-0.05, 0) is 53.0 Å². The van der Waals surface area contributed by atoms with Crippen molar-refractivity contribution in [2.24, 2.45) is 4.99 Å². The molecule has 0 radical (unpaired) electrons. The van der Waals surface area contributed by atoms with Gasteiger partial charge < -0.3 is 10.0 Å². The summed E-state index contributed by atoms with van der Waals surface area (Å²) in [5, 5.41) is 14.4. The van der Waals surface area contributed by atoms with Crippen molar-refractivity contribution in [3.63, 3.8) is 0 Å². The summed E-state index contributed by atoms with van der Waals surface area (Å²) < 4.78 is 2.34. The third-order valence-electron chi connectivity index (χ3n) is 7.15. The number of hydrogen-bond acceptors (Lipinski definition) is 3. The van der Waals surface area contributed by atoms with Crippen LogP contribution < -0.4 is 30.6 Å². The number of carbonyl (C=O) groups is 1. The van der Waals surface area contributed by atoms with Gasteiger partial charge in [-0.1, -0.05) is 6.55 Å². The lowest BCUT2D eigenvalue weighted by molar-refractivity contribution is -0.137. The van der Waals surface area contributed by atoms with Crippen molar-refractivity contribution in [2.45, 2.75) is 38.3 Å². The molecular formula is C23H28N3O2Si+. The minimum Gasteiger partial charge on any atom is -0.481 e. The Kier molecular flexibility index (Phi) is 4.17. The Morgan fingerprint density at radius 1 is 1.21 bits per heavy atom. The second kappa shape index (κ2) is 6.52. The predicted molar refractivity (Wildman–Crippen MR) is 119 cm³/mol. The molecular weight excluding hydrogens is 378 g/mol. The minimum absolute atomic E-state index is 0.236. The molecule has 5 nitrogen and oxygen atoms in total. The molecule has 1 atom stereocenters. The van der Waals surface area contributed by atoms with Crippen LogP contribution in [0, 0.1) is 0 Å². The lowest BCUT2D eigenvalue weighted by atomic mass is 10.1. The Labute approximate surface area is 172 Å². The van der Waals surface area contributed by atoms with Crippen molar-refractivity contribution < 1.29 is 9.90 Å². The summed E-state index contributed by atoms with van der Waals surface area (Å²) in [6, 6.07) is 10.3. The number of aliphatic carboxylic acids is 1. The molecule has 3 aliphatic heterocycles. The second-order valence-electron chi connectivity index (χ2n) is 9.03. The van der Waals surface area contributed by atoms with E-state index in [1.807, 2.05) is 0 Å². The maximum Gasteiger partial charge on any atom is 0.303 e. The van der Waals surface area contributed by atoms with Crippen LogP contribution in [0.4, 0.5) is 11.4 Å². The highest BCUT2D eigenvalue weighted by Crippen LogP contribution is 2.32. The van der Waals surface area contributed by atoms with Crippen molar-refractivity contribution >= 4 is 35.8 Å². The minimum atomic E-state index is -2.10. The van der Waals surface area contributed by atoms with E-state index in [1.54, 1.807) is 0 Å². The predicted octanol–water partition coefficient (Wildman–Crippen LogP) is 0.678. The standard InChI is InChI=1S/C23H27N3O2Si/c1-25-8-6-15-11-17-21(13-19(15)25)29(3,10-4-5-23(27)28)22-14-20-16(7-9-26(20)2)12-18(22)24-17/h11-14H,4-10H2,1-3H3/p+1. The monoisotopic (exact) mass is 406 g/mol. The van der Waals surface area contributed by atoms with Crippen LogP contribution in [0.5, 0.6) is 0 Å². The lowest BCUT2D eigenvalue weighted by Crippen LogP contribution is -2.63. The summed E-state index contributed by atoms with van der Waals surface area (Å²) in [6.07, 6.45) is 3.11. The molecule has 0 bridgehead atoms. The van der Waals surface area contributed by atoms with Crippen LogP contribution in [0.2, 0.25) is 12.6 Å². The molecule has 5 rings (SSSR count). The molecule has 3 heterocycles. The molecule has 0 amide bonds. The van der Waals surface area contributed by atoms with E-state index in [9.17, 15) is 9.90 Å². The fraction of sp³-hybridized carbons (Fsp3) is 0.435. The number of benzene rings is 2. The van der Waals surface area contributed by atoms with Gasteiger partial charge in [0.05, 0.1) is 11.0 Å². The first-order chi connectivity index (χ1) is 13.9. The normalized spacial score (nSPS) is 21.3. The Morgan fingerprint density at radius 3 is 2.83 bits per heavy atom. The highest BCUT2D eigenvalue weighted by Gasteiger charge is 2.40. The van der Waals surface area contributed by atoms with Crippen molar-refractivity contribution in [3.8, 4) is 0 Å². The summed E-state index contributed by atoms with van der Waals surface area (Å²) in [4.78, 5) is 18.7. The first kappa shape index (κ1) is 18.5. The molecule has 0 fully saturated rings. The zero-order valence-corrected chi connectivity index (χ0v) is 18.5. The second-order valence-corrected chi connectivity index (χ2v) is 13.3. The molecule has 3 aliphatic rings. The molecule has 6 heteroatoms. The summed E-state index contributed by atoms with van der Waals surface area (Å²) in [7, 11) is 2.23. The van der Waals surface area contributed by atoms with Crippen LogP contribution in [0.3, 0.4) is 0 Å². The zero-order chi connectivity index (χ0) is 20.3. The van der Waals surface area contributed by atoms with Crippen molar-refractivity contribution in [2.75, 3.05) is 32.1 Å². The third-order valence-corrected chi connectivity index (χ3v) is 11.7. The highest BCUT2D eigenvalue weighted by molar-refractivity contribution is 7.02. The molecule has 2 aromatic carbocycles. The highest BCUT2D eigenvalue weighted by atomic mass is 28.3. The van der Waals surface area contributed by atoms with E-state index >= 15 is 0 Å². The maximum absolute atomic E-state index is 11.2. The van der Waals surface area contributed by atoms with Gasteiger partial charge in [0.2, 0.25) is 5.36 Å². The number of carboxylic acid groups (broad SMARTS) is 1. The average molecular weight is 407 g/mol. The Hall–Kier alpha value is -2.47. The molecule has 0 aliphatic carbocycles. The number of hydrogen-bond donors (Lipinski definition) is 1. The van der Waals surface area contributed by atoms with E-state index < -0.39 is 14.0 Å². The first-order valence-electron chi connectivity index (χ1n) is 10.6.